The Morgan fingerprint density at radius 1 is 1.00 bits per heavy atom. The molecule has 0 saturated carbocycles. The van der Waals surface area contributed by atoms with Crippen LogP contribution in [0.25, 0.3) is 5.57 Å². The van der Waals surface area contributed by atoms with Crippen molar-refractivity contribution in [3.8, 4) is 0 Å². The molecule has 0 unspecified atom stereocenters. The molecule has 0 nitrogen and oxygen atoms in total. The van der Waals surface area contributed by atoms with Gasteiger partial charge in [-0.15, -0.1) is 0 Å². The fraction of sp³-hybridized carbons (Fsp3) is 0.273. The minimum absolute atomic E-state index is 0.497. The van der Waals surface area contributed by atoms with Gasteiger partial charge in [0.05, 0.1) is 0 Å². The Balaban J connectivity index is 2.39. The largest absolute Gasteiger partial charge is 0.207 e. The Labute approximate surface area is 75.9 Å². The van der Waals surface area contributed by atoms with E-state index >= 15 is 0 Å². The minimum Gasteiger partial charge on any atom is -0.207 e. The van der Waals surface area contributed by atoms with E-state index in [0.29, 0.717) is 5.56 Å². The molecular formula is C11H10F2. The Morgan fingerprint density at radius 3 is 2.23 bits per heavy atom. The predicted molar refractivity (Wildman–Crippen MR) is 48.2 cm³/mol. The lowest BCUT2D eigenvalue weighted by molar-refractivity contribution is 0.582. The summed E-state index contributed by atoms with van der Waals surface area (Å²) in [4.78, 5) is 0. The highest BCUT2D eigenvalue weighted by atomic mass is 19.1. The molecule has 0 aromatic heterocycles. The molecule has 0 N–H and O–H groups in total. The van der Waals surface area contributed by atoms with E-state index in [2.05, 4.69) is 0 Å². The highest BCUT2D eigenvalue weighted by Crippen LogP contribution is 2.28. The molecule has 2 heteroatoms. The quantitative estimate of drug-likeness (QED) is 0.620. The maximum Gasteiger partial charge on any atom is 0.126 e. The molecule has 0 atom stereocenters. The third-order valence-corrected chi connectivity index (χ3v) is 2.27. The van der Waals surface area contributed by atoms with E-state index in [0.717, 1.165) is 30.9 Å². The first-order chi connectivity index (χ1) is 6.25. The van der Waals surface area contributed by atoms with Crippen LogP contribution < -0.4 is 0 Å². The van der Waals surface area contributed by atoms with Gasteiger partial charge in [-0.1, -0.05) is 6.08 Å². The van der Waals surface area contributed by atoms with Gasteiger partial charge in [-0.25, -0.2) is 8.78 Å². The smallest absolute Gasteiger partial charge is 0.126 e. The summed E-state index contributed by atoms with van der Waals surface area (Å²) in [5.74, 6) is -0.995. The van der Waals surface area contributed by atoms with E-state index in [1.54, 1.807) is 0 Å². The molecule has 0 radical (unpaired) electrons. The second kappa shape index (κ2) is 3.29. The minimum atomic E-state index is -0.497. The van der Waals surface area contributed by atoms with Crippen molar-refractivity contribution in [2.24, 2.45) is 0 Å². The highest BCUT2D eigenvalue weighted by molar-refractivity contribution is 5.67. The summed E-state index contributed by atoms with van der Waals surface area (Å²) >= 11 is 0. The molecule has 0 saturated heterocycles. The first-order valence-electron chi connectivity index (χ1n) is 4.41. The second-order valence-corrected chi connectivity index (χ2v) is 3.28. The van der Waals surface area contributed by atoms with Crippen molar-refractivity contribution in [2.45, 2.75) is 19.3 Å². The third-order valence-electron chi connectivity index (χ3n) is 2.27. The van der Waals surface area contributed by atoms with Gasteiger partial charge in [0.15, 0.2) is 0 Å². The van der Waals surface area contributed by atoms with Gasteiger partial charge < -0.3 is 0 Å². The van der Waals surface area contributed by atoms with Crippen molar-refractivity contribution in [1.29, 1.82) is 0 Å². The van der Waals surface area contributed by atoms with Crippen LogP contribution in [-0.4, -0.2) is 0 Å². The van der Waals surface area contributed by atoms with Crippen molar-refractivity contribution in [2.75, 3.05) is 0 Å². The predicted octanol–water partition coefficient (Wildman–Crippen LogP) is 3.53. The van der Waals surface area contributed by atoms with Crippen LogP contribution in [0.3, 0.4) is 0 Å². The summed E-state index contributed by atoms with van der Waals surface area (Å²) < 4.78 is 25.6. The molecule has 0 bridgehead atoms. The molecule has 1 aromatic carbocycles. The van der Waals surface area contributed by atoms with Crippen molar-refractivity contribution >= 4 is 5.57 Å². The molecule has 2 rings (SSSR count). The lowest BCUT2D eigenvalue weighted by Crippen LogP contribution is -1.86. The number of allylic oxidation sites excluding steroid dienone is 2. The first-order valence-corrected chi connectivity index (χ1v) is 4.41. The van der Waals surface area contributed by atoms with Crippen LogP contribution in [0.5, 0.6) is 0 Å². The first kappa shape index (κ1) is 8.42. The molecule has 1 aliphatic rings. The van der Waals surface area contributed by atoms with Crippen LogP contribution in [0.4, 0.5) is 8.78 Å². The Kier molecular flexibility index (Phi) is 2.13. The van der Waals surface area contributed by atoms with Gasteiger partial charge in [0.25, 0.3) is 0 Å². The number of hydrogen-bond donors (Lipinski definition) is 0. The standard InChI is InChI=1S/C11H10F2/c12-10-5-9(6-11(13)7-10)8-3-1-2-4-8/h3,5-7H,1-2,4H2. The van der Waals surface area contributed by atoms with Gasteiger partial charge in [-0.3, -0.25) is 0 Å². The van der Waals surface area contributed by atoms with Crippen molar-refractivity contribution in [3.05, 3.63) is 41.5 Å². The summed E-state index contributed by atoms with van der Waals surface area (Å²) in [7, 11) is 0. The molecule has 68 valence electrons. The fourth-order valence-electron chi connectivity index (χ4n) is 1.67. The molecule has 0 aliphatic heterocycles. The maximum absolute atomic E-state index is 12.8. The average Bonchev–Trinajstić information content (AvgIpc) is 2.53. The number of halogens is 2. The molecule has 1 aromatic rings. The monoisotopic (exact) mass is 180 g/mol. The van der Waals surface area contributed by atoms with E-state index < -0.39 is 11.6 Å². The molecule has 0 spiro atoms. The van der Waals surface area contributed by atoms with Crippen LogP contribution >= 0.6 is 0 Å². The van der Waals surface area contributed by atoms with E-state index in [1.807, 2.05) is 6.08 Å². The van der Waals surface area contributed by atoms with Crippen LogP contribution in [0.15, 0.2) is 24.3 Å². The van der Waals surface area contributed by atoms with Crippen molar-refractivity contribution in [1.82, 2.24) is 0 Å². The molecule has 0 heterocycles. The Bertz CT molecular complexity index is 333. The van der Waals surface area contributed by atoms with Gasteiger partial charge in [-0.2, -0.15) is 0 Å². The number of rotatable bonds is 1. The lowest BCUT2D eigenvalue weighted by atomic mass is 10.1. The van der Waals surface area contributed by atoms with Crippen molar-refractivity contribution in [3.63, 3.8) is 0 Å². The van der Waals surface area contributed by atoms with E-state index in [-0.39, 0.29) is 0 Å². The molecule has 13 heavy (non-hydrogen) atoms. The van der Waals surface area contributed by atoms with Crippen LogP contribution in [-0.2, 0) is 0 Å². The normalized spacial score (nSPS) is 16.0. The van der Waals surface area contributed by atoms with Crippen molar-refractivity contribution < 1.29 is 8.78 Å². The van der Waals surface area contributed by atoms with Gasteiger partial charge in [0.2, 0.25) is 0 Å². The van der Waals surface area contributed by atoms with Crippen LogP contribution in [0, 0.1) is 11.6 Å². The zero-order chi connectivity index (χ0) is 9.26. The summed E-state index contributed by atoms with van der Waals surface area (Å²) in [6.45, 7) is 0. The fourth-order valence-corrected chi connectivity index (χ4v) is 1.67. The molecular weight excluding hydrogens is 170 g/mol. The zero-order valence-corrected chi connectivity index (χ0v) is 7.19. The van der Waals surface area contributed by atoms with Gasteiger partial charge in [0.1, 0.15) is 11.6 Å². The highest BCUT2D eigenvalue weighted by Gasteiger charge is 2.09. The maximum atomic E-state index is 12.8. The SMILES string of the molecule is Fc1cc(F)cc(C2=CCCC2)c1. The Morgan fingerprint density at radius 2 is 1.69 bits per heavy atom. The summed E-state index contributed by atoms with van der Waals surface area (Å²) in [5.41, 5.74) is 1.76. The van der Waals surface area contributed by atoms with E-state index in [1.165, 1.54) is 12.1 Å². The number of hydrogen-bond acceptors (Lipinski definition) is 0. The second-order valence-electron chi connectivity index (χ2n) is 3.28. The van der Waals surface area contributed by atoms with Gasteiger partial charge in [0, 0.05) is 6.07 Å². The molecule has 0 fully saturated rings. The van der Waals surface area contributed by atoms with E-state index in [9.17, 15) is 8.78 Å². The summed E-state index contributed by atoms with van der Waals surface area (Å²) in [5, 5.41) is 0. The molecule has 1 aliphatic carbocycles. The third kappa shape index (κ3) is 1.77. The summed E-state index contributed by atoms with van der Waals surface area (Å²) in [6, 6.07) is 3.68. The Hall–Kier alpha value is -1.18. The zero-order valence-electron chi connectivity index (χ0n) is 7.19. The lowest BCUT2D eigenvalue weighted by Gasteiger charge is -2.02. The van der Waals surface area contributed by atoms with Crippen LogP contribution in [0.2, 0.25) is 0 Å². The average molecular weight is 180 g/mol. The van der Waals surface area contributed by atoms with Gasteiger partial charge in [-0.05, 0) is 42.5 Å². The van der Waals surface area contributed by atoms with Gasteiger partial charge >= 0.3 is 0 Å². The summed E-state index contributed by atoms with van der Waals surface area (Å²) in [6.07, 6.45) is 5.10. The topological polar surface area (TPSA) is 0 Å². The van der Waals surface area contributed by atoms with Crippen LogP contribution in [0.1, 0.15) is 24.8 Å². The van der Waals surface area contributed by atoms with E-state index in [4.69, 9.17) is 0 Å². The molecule has 0 amide bonds. The number of benzene rings is 1.